The molecule has 0 aliphatic carbocycles. The zero-order chi connectivity index (χ0) is 34.5. The smallest absolute Gasteiger partial charge is 0.306 e. The Kier molecular flexibility index (Phi) is 34.2. The molecule has 0 aromatic heterocycles. The average molecular weight is 659 g/mol. The molecule has 0 aliphatic rings. The van der Waals surface area contributed by atoms with Gasteiger partial charge in [-0.05, 0) is 77.0 Å². The van der Waals surface area contributed by atoms with E-state index in [1.54, 1.807) is 0 Å². The van der Waals surface area contributed by atoms with Crippen molar-refractivity contribution >= 4 is 17.9 Å². The second-order valence-electron chi connectivity index (χ2n) is 12.6. The van der Waals surface area contributed by atoms with Gasteiger partial charge in [0.25, 0.3) is 0 Å². The van der Waals surface area contributed by atoms with Crippen LogP contribution in [0.3, 0.4) is 0 Å². The largest absolute Gasteiger partial charge is 0.462 e. The van der Waals surface area contributed by atoms with Gasteiger partial charge >= 0.3 is 17.9 Å². The summed E-state index contributed by atoms with van der Waals surface area (Å²) in [6.07, 6.45) is 42.6. The monoisotopic (exact) mass is 659 g/mol. The molecule has 0 saturated carbocycles. The van der Waals surface area contributed by atoms with Crippen LogP contribution in [0.4, 0.5) is 0 Å². The first-order valence-electron chi connectivity index (χ1n) is 19.1. The maximum atomic E-state index is 12.4. The van der Waals surface area contributed by atoms with E-state index in [0.717, 1.165) is 83.5 Å². The summed E-state index contributed by atoms with van der Waals surface area (Å²) in [5.74, 6) is -1.12. The van der Waals surface area contributed by atoms with Crippen LogP contribution >= 0.6 is 0 Å². The Morgan fingerprint density at radius 1 is 0.468 bits per heavy atom. The molecule has 0 unspecified atom stereocenters. The van der Waals surface area contributed by atoms with E-state index in [0.29, 0.717) is 12.8 Å². The first kappa shape index (κ1) is 44.4. The first-order chi connectivity index (χ1) is 23.0. The minimum absolute atomic E-state index is 0.0969. The van der Waals surface area contributed by atoms with Crippen molar-refractivity contribution in [2.24, 2.45) is 0 Å². The van der Waals surface area contributed by atoms with E-state index >= 15 is 0 Å². The van der Waals surface area contributed by atoms with Crippen LogP contribution < -0.4 is 0 Å². The zero-order valence-electron chi connectivity index (χ0n) is 30.5. The van der Waals surface area contributed by atoms with Crippen molar-refractivity contribution in [3.63, 3.8) is 0 Å². The molecule has 1 atom stereocenters. The molecule has 0 aromatic rings. The summed E-state index contributed by atoms with van der Waals surface area (Å²) < 4.78 is 15.9. The molecule has 0 aliphatic heterocycles. The molecule has 0 bridgehead atoms. The van der Waals surface area contributed by atoms with Crippen molar-refractivity contribution in [2.75, 3.05) is 13.2 Å². The third kappa shape index (κ3) is 36.1. The lowest BCUT2D eigenvalue weighted by Gasteiger charge is -2.17. The van der Waals surface area contributed by atoms with Crippen LogP contribution in [-0.2, 0) is 28.6 Å². The van der Waals surface area contributed by atoms with E-state index in [9.17, 15) is 14.4 Å². The van der Waals surface area contributed by atoms with Gasteiger partial charge in [0, 0.05) is 19.8 Å². The van der Waals surface area contributed by atoms with Gasteiger partial charge in [0.15, 0.2) is 6.10 Å². The number of carbonyl (C=O) groups excluding carboxylic acids is 3. The Hall–Kier alpha value is -2.63. The molecular formula is C41H70O6. The molecule has 0 N–H and O–H groups in total. The normalized spacial score (nSPS) is 12.5. The molecule has 0 radical (unpaired) electrons. The van der Waals surface area contributed by atoms with Gasteiger partial charge in [-0.25, -0.2) is 0 Å². The lowest BCUT2D eigenvalue weighted by molar-refractivity contribution is -0.166. The standard InChI is InChI=1S/C41H70O6/c1-4-6-8-10-12-14-16-18-20-22-24-26-28-30-32-34-40(43)46-37-39(36-45-38(3)42)47-41(44)35-33-31-29-27-25-23-21-19-17-15-13-11-9-7-5-2/h12-15,18-21,39H,4-11,16-17,22-37H2,1-3H3/b14-12-,15-13-,20-18-,21-19-/t39-/m0/s1. The predicted octanol–water partition coefficient (Wildman–Crippen LogP) is 11.6. The van der Waals surface area contributed by atoms with Crippen LogP contribution in [0.25, 0.3) is 0 Å². The molecule has 6 heteroatoms. The minimum atomic E-state index is -0.780. The van der Waals surface area contributed by atoms with Crippen LogP contribution in [-0.4, -0.2) is 37.2 Å². The summed E-state index contributed by atoms with van der Waals surface area (Å²) in [5.41, 5.74) is 0. The van der Waals surface area contributed by atoms with Crippen molar-refractivity contribution in [3.05, 3.63) is 48.6 Å². The molecule has 0 aromatic carbocycles. The average Bonchev–Trinajstić information content (AvgIpc) is 3.05. The van der Waals surface area contributed by atoms with Crippen molar-refractivity contribution in [1.29, 1.82) is 0 Å². The Bertz CT molecular complexity index is 856. The third-order valence-electron chi connectivity index (χ3n) is 7.86. The second kappa shape index (κ2) is 36.2. The zero-order valence-corrected chi connectivity index (χ0v) is 30.5. The lowest BCUT2D eigenvalue weighted by atomic mass is 10.1. The van der Waals surface area contributed by atoms with E-state index in [1.165, 1.54) is 64.7 Å². The molecule has 0 fully saturated rings. The van der Waals surface area contributed by atoms with Crippen LogP contribution in [0.15, 0.2) is 48.6 Å². The summed E-state index contributed by atoms with van der Waals surface area (Å²) in [4.78, 5) is 35.9. The number of carbonyl (C=O) groups is 3. The number of esters is 3. The summed E-state index contributed by atoms with van der Waals surface area (Å²) in [7, 11) is 0. The highest BCUT2D eigenvalue weighted by molar-refractivity contribution is 5.70. The van der Waals surface area contributed by atoms with Crippen molar-refractivity contribution in [2.45, 2.75) is 181 Å². The Balaban J connectivity index is 3.93. The van der Waals surface area contributed by atoms with Crippen molar-refractivity contribution in [3.8, 4) is 0 Å². The van der Waals surface area contributed by atoms with Crippen LogP contribution in [0.2, 0.25) is 0 Å². The van der Waals surface area contributed by atoms with E-state index in [2.05, 4.69) is 62.5 Å². The van der Waals surface area contributed by atoms with Crippen LogP contribution in [0.1, 0.15) is 175 Å². The van der Waals surface area contributed by atoms with E-state index in [1.807, 2.05) is 0 Å². The second-order valence-corrected chi connectivity index (χ2v) is 12.6. The number of ether oxygens (including phenoxy) is 3. The van der Waals surface area contributed by atoms with E-state index in [4.69, 9.17) is 14.2 Å². The Morgan fingerprint density at radius 2 is 0.851 bits per heavy atom. The fourth-order valence-corrected chi connectivity index (χ4v) is 4.99. The van der Waals surface area contributed by atoms with Gasteiger partial charge in [-0.1, -0.05) is 127 Å². The molecule has 6 nitrogen and oxygen atoms in total. The molecular weight excluding hydrogens is 588 g/mol. The molecule has 270 valence electrons. The summed E-state index contributed by atoms with van der Waals surface area (Å²) in [6, 6.07) is 0. The number of unbranched alkanes of at least 4 members (excludes halogenated alkanes) is 16. The number of hydrogen-bond acceptors (Lipinski definition) is 6. The molecule has 0 rings (SSSR count). The van der Waals surface area contributed by atoms with Gasteiger partial charge in [-0.3, -0.25) is 14.4 Å². The number of rotatable bonds is 33. The van der Waals surface area contributed by atoms with Crippen molar-refractivity contribution < 1.29 is 28.6 Å². The first-order valence-corrected chi connectivity index (χ1v) is 19.1. The van der Waals surface area contributed by atoms with Gasteiger partial charge in [-0.2, -0.15) is 0 Å². The minimum Gasteiger partial charge on any atom is -0.462 e. The van der Waals surface area contributed by atoms with Gasteiger partial charge in [-0.15, -0.1) is 0 Å². The van der Waals surface area contributed by atoms with Crippen molar-refractivity contribution in [1.82, 2.24) is 0 Å². The van der Waals surface area contributed by atoms with Crippen LogP contribution in [0, 0.1) is 0 Å². The quantitative estimate of drug-likeness (QED) is 0.0302. The fourth-order valence-electron chi connectivity index (χ4n) is 4.99. The van der Waals surface area contributed by atoms with Gasteiger partial charge in [0.2, 0.25) is 0 Å². The predicted molar refractivity (Wildman–Crippen MR) is 196 cm³/mol. The number of hydrogen-bond donors (Lipinski definition) is 0. The van der Waals surface area contributed by atoms with Gasteiger partial charge in [0.1, 0.15) is 13.2 Å². The highest BCUT2D eigenvalue weighted by Gasteiger charge is 2.18. The maximum absolute atomic E-state index is 12.4. The van der Waals surface area contributed by atoms with Gasteiger partial charge in [0.05, 0.1) is 0 Å². The van der Waals surface area contributed by atoms with Gasteiger partial charge < -0.3 is 14.2 Å². The topological polar surface area (TPSA) is 78.9 Å². The van der Waals surface area contributed by atoms with E-state index < -0.39 is 12.1 Å². The highest BCUT2D eigenvalue weighted by Crippen LogP contribution is 2.11. The SMILES string of the molecule is CCCCC/C=C\C/C=C\CCCCCCCC(=O)OC[C@H](COC(C)=O)OC(=O)CCCCCCC/C=C\C/C=C\CCCCC. The van der Waals surface area contributed by atoms with E-state index in [-0.39, 0.29) is 25.2 Å². The van der Waals surface area contributed by atoms with Crippen LogP contribution in [0.5, 0.6) is 0 Å². The fraction of sp³-hybridized carbons (Fsp3) is 0.732. The summed E-state index contributed by atoms with van der Waals surface area (Å²) in [5, 5.41) is 0. The highest BCUT2D eigenvalue weighted by atomic mass is 16.6. The maximum Gasteiger partial charge on any atom is 0.306 e. The molecule has 0 saturated heterocycles. The molecule has 47 heavy (non-hydrogen) atoms. The molecule has 0 spiro atoms. The Morgan fingerprint density at radius 3 is 1.30 bits per heavy atom. The number of allylic oxidation sites excluding steroid dienone is 8. The lowest BCUT2D eigenvalue weighted by Crippen LogP contribution is -2.30. The summed E-state index contributed by atoms with van der Waals surface area (Å²) in [6.45, 7) is 5.56. The molecule has 0 amide bonds. The summed E-state index contributed by atoms with van der Waals surface area (Å²) >= 11 is 0. The third-order valence-corrected chi connectivity index (χ3v) is 7.86. The Labute approximate surface area is 288 Å². The molecule has 0 heterocycles.